The highest BCUT2D eigenvalue weighted by Gasteiger charge is 2.25. The molecule has 0 spiro atoms. The average Bonchev–Trinajstić information content (AvgIpc) is 2.79. The first-order valence-electron chi connectivity index (χ1n) is 10.0. The van der Waals surface area contributed by atoms with Crippen molar-refractivity contribution in [3.05, 3.63) is 59.7 Å². The molecule has 0 bridgehead atoms. The number of ether oxygens (including phenoxy) is 2. The van der Waals surface area contributed by atoms with Crippen molar-refractivity contribution in [1.29, 1.82) is 0 Å². The largest absolute Gasteiger partial charge is 0.497 e. The normalized spacial score (nSPS) is 17.4. The topological polar surface area (TPSA) is 80.6 Å². The van der Waals surface area contributed by atoms with Crippen molar-refractivity contribution in [2.24, 2.45) is 11.1 Å². The molecule has 1 N–H and O–H groups in total. The molecule has 0 aliphatic carbocycles. The lowest BCUT2D eigenvalue weighted by atomic mass is 9.98. The summed E-state index contributed by atoms with van der Waals surface area (Å²) in [5.74, 6) is 0.393. The van der Waals surface area contributed by atoms with Crippen LogP contribution in [0.15, 0.2) is 53.7 Å². The summed E-state index contributed by atoms with van der Waals surface area (Å²) in [5.41, 5.74) is 2.31. The van der Waals surface area contributed by atoms with Crippen LogP contribution in [-0.2, 0) is 9.63 Å². The molecule has 1 heterocycles. The van der Waals surface area contributed by atoms with Crippen LogP contribution in [0.1, 0.15) is 24.0 Å². The molecule has 1 atom stereocenters. The molecule has 1 aliphatic heterocycles. The molecule has 7 heteroatoms. The van der Waals surface area contributed by atoms with E-state index in [9.17, 15) is 9.90 Å². The maximum absolute atomic E-state index is 11.2. The summed E-state index contributed by atoms with van der Waals surface area (Å²) in [6.45, 7) is 2.43. The maximum Gasteiger partial charge on any atom is 0.307 e. The monoisotopic (exact) mass is 412 g/mol. The quantitative estimate of drug-likeness (QED) is 0.387. The molecule has 30 heavy (non-hydrogen) atoms. The first kappa shape index (κ1) is 21.6. The van der Waals surface area contributed by atoms with Crippen LogP contribution >= 0.6 is 0 Å². The number of nitrogens with zero attached hydrogens (tertiary/aromatic N) is 2. The number of hydrogen-bond donors (Lipinski definition) is 1. The third-order valence-electron chi connectivity index (χ3n) is 5.21. The number of oxime groups is 1. The number of aliphatic carboxylic acids is 1. The van der Waals surface area contributed by atoms with Gasteiger partial charge < -0.3 is 19.4 Å². The summed E-state index contributed by atoms with van der Waals surface area (Å²) in [7, 11) is 3.25. The summed E-state index contributed by atoms with van der Waals surface area (Å²) >= 11 is 0. The molecule has 1 aliphatic rings. The standard InChI is InChI=1S/C23H28N2O5/c1-28-19-9-5-7-17(15-19)22(20-10-3-4-11-21(20)29-2)24-30-14-13-25-12-6-8-18(16-25)23(26)27/h3-5,7,9-11,15,18H,6,8,12-14,16H2,1-2H3,(H,26,27)/t18-/m1/s1. The average molecular weight is 412 g/mol. The summed E-state index contributed by atoms with van der Waals surface area (Å²) in [4.78, 5) is 19.0. The lowest BCUT2D eigenvalue weighted by Crippen LogP contribution is -2.40. The number of piperidine rings is 1. The number of rotatable bonds is 9. The van der Waals surface area contributed by atoms with Gasteiger partial charge in [-0.25, -0.2) is 0 Å². The molecule has 2 aromatic rings. The number of carbonyl (C=O) groups is 1. The van der Waals surface area contributed by atoms with Crippen LogP contribution in [0.2, 0.25) is 0 Å². The van der Waals surface area contributed by atoms with Gasteiger partial charge >= 0.3 is 5.97 Å². The Bertz CT molecular complexity index is 883. The molecule has 7 nitrogen and oxygen atoms in total. The van der Waals surface area contributed by atoms with E-state index in [4.69, 9.17) is 14.3 Å². The number of benzene rings is 2. The maximum atomic E-state index is 11.2. The van der Waals surface area contributed by atoms with E-state index in [1.807, 2.05) is 48.5 Å². The number of carboxylic acid groups (broad SMARTS) is 1. The Morgan fingerprint density at radius 1 is 1.17 bits per heavy atom. The first-order chi connectivity index (χ1) is 14.6. The van der Waals surface area contributed by atoms with Crippen LogP contribution in [0.5, 0.6) is 11.5 Å². The van der Waals surface area contributed by atoms with Crippen molar-refractivity contribution in [3.8, 4) is 11.5 Å². The third kappa shape index (κ3) is 5.51. The molecule has 2 aromatic carbocycles. The third-order valence-corrected chi connectivity index (χ3v) is 5.21. The van der Waals surface area contributed by atoms with Crippen LogP contribution in [0.4, 0.5) is 0 Å². The van der Waals surface area contributed by atoms with Gasteiger partial charge in [-0.05, 0) is 43.7 Å². The van der Waals surface area contributed by atoms with E-state index in [1.54, 1.807) is 14.2 Å². The zero-order valence-corrected chi connectivity index (χ0v) is 17.4. The van der Waals surface area contributed by atoms with E-state index < -0.39 is 5.97 Å². The Morgan fingerprint density at radius 2 is 2.00 bits per heavy atom. The summed E-state index contributed by atoms with van der Waals surface area (Å²) < 4.78 is 10.9. The number of methoxy groups -OCH3 is 2. The van der Waals surface area contributed by atoms with Crippen LogP contribution in [-0.4, -0.2) is 62.1 Å². The zero-order chi connectivity index (χ0) is 21.3. The second-order valence-corrected chi connectivity index (χ2v) is 7.18. The predicted octanol–water partition coefficient (Wildman–Crippen LogP) is 3.27. The fourth-order valence-corrected chi connectivity index (χ4v) is 3.61. The Kier molecular flexibility index (Phi) is 7.68. The molecule has 0 saturated carbocycles. The van der Waals surface area contributed by atoms with Gasteiger partial charge in [-0.2, -0.15) is 0 Å². The molecule has 0 aromatic heterocycles. The van der Waals surface area contributed by atoms with Crippen molar-refractivity contribution in [2.45, 2.75) is 12.8 Å². The second kappa shape index (κ2) is 10.6. The number of hydrogen-bond acceptors (Lipinski definition) is 6. The van der Waals surface area contributed by atoms with Gasteiger partial charge in [0.2, 0.25) is 0 Å². The molecule has 0 unspecified atom stereocenters. The van der Waals surface area contributed by atoms with Gasteiger partial charge in [0, 0.05) is 24.2 Å². The van der Waals surface area contributed by atoms with E-state index in [0.717, 1.165) is 36.3 Å². The molecule has 0 amide bonds. The second-order valence-electron chi connectivity index (χ2n) is 7.18. The Hall–Kier alpha value is -3.06. The Balaban J connectivity index is 1.75. The fourth-order valence-electron chi connectivity index (χ4n) is 3.61. The number of likely N-dealkylation sites (tertiary alicyclic amines) is 1. The Morgan fingerprint density at radius 3 is 2.77 bits per heavy atom. The highest BCUT2D eigenvalue weighted by Crippen LogP contribution is 2.24. The van der Waals surface area contributed by atoms with Crippen LogP contribution in [0, 0.1) is 5.92 Å². The van der Waals surface area contributed by atoms with E-state index in [1.165, 1.54) is 0 Å². The molecule has 0 radical (unpaired) electrons. The molecule has 1 saturated heterocycles. The van der Waals surface area contributed by atoms with Gasteiger partial charge in [0.25, 0.3) is 0 Å². The summed E-state index contributed by atoms with van der Waals surface area (Å²) in [6, 6.07) is 15.3. The highest BCUT2D eigenvalue weighted by molar-refractivity contribution is 6.14. The van der Waals surface area contributed by atoms with Crippen molar-refractivity contribution < 1.29 is 24.2 Å². The SMILES string of the molecule is COc1cccc(C(=NOCCN2CCC[C@@H](C(=O)O)C2)c2ccccc2OC)c1. The van der Waals surface area contributed by atoms with E-state index in [-0.39, 0.29) is 5.92 Å². The van der Waals surface area contributed by atoms with Crippen molar-refractivity contribution >= 4 is 11.7 Å². The summed E-state index contributed by atoms with van der Waals surface area (Å²) in [5, 5.41) is 13.7. The minimum atomic E-state index is -0.727. The molecule has 3 rings (SSSR count). The summed E-state index contributed by atoms with van der Waals surface area (Å²) in [6.07, 6.45) is 1.62. The van der Waals surface area contributed by atoms with Gasteiger partial charge in [-0.1, -0.05) is 29.4 Å². The molecular formula is C23H28N2O5. The Labute approximate surface area is 176 Å². The van der Waals surface area contributed by atoms with Crippen molar-refractivity contribution in [3.63, 3.8) is 0 Å². The van der Waals surface area contributed by atoms with Gasteiger partial charge in [0.05, 0.1) is 20.1 Å². The molecule has 160 valence electrons. The number of carboxylic acids is 1. The lowest BCUT2D eigenvalue weighted by molar-refractivity contribution is -0.143. The van der Waals surface area contributed by atoms with Crippen LogP contribution in [0.25, 0.3) is 0 Å². The zero-order valence-electron chi connectivity index (χ0n) is 17.4. The minimum absolute atomic E-state index is 0.303. The smallest absolute Gasteiger partial charge is 0.307 e. The number of para-hydroxylation sites is 1. The van der Waals surface area contributed by atoms with Crippen molar-refractivity contribution in [2.75, 3.05) is 40.5 Å². The minimum Gasteiger partial charge on any atom is -0.497 e. The van der Waals surface area contributed by atoms with E-state index >= 15 is 0 Å². The van der Waals surface area contributed by atoms with E-state index in [2.05, 4.69) is 10.1 Å². The first-order valence-corrected chi connectivity index (χ1v) is 10.0. The van der Waals surface area contributed by atoms with Gasteiger partial charge in [0.1, 0.15) is 23.8 Å². The van der Waals surface area contributed by atoms with Gasteiger partial charge in [-0.15, -0.1) is 0 Å². The molecular weight excluding hydrogens is 384 g/mol. The van der Waals surface area contributed by atoms with Gasteiger partial charge in [0.15, 0.2) is 0 Å². The molecule has 1 fully saturated rings. The lowest BCUT2D eigenvalue weighted by Gasteiger charge is -2.29. The van der Waals surface area contributed by atoms with Gasteiger partial charge in [-0.3, -0.25) is 9.69 Å². The fraction of sp³-hybridized carbons (Fsp3) is 0.391. The van der Waals surface area contributed by atoms with Crippen molar-refractivity contribution in [1.82, 2.24) is 4.90 Å². The van der Waals surface area contributed by atoms with Crippen LogP contribution in [0.3, 0.4) is 0 Å². The predicted molar refractivity (Wildman–Crippen MR) is 114 cm³/mol. The van der Waals surface area contributed by atoms with Crippen LogP contribution < -0.4 is 9.47 Å². The highest BCUT2D eigenvalue weighted by atomic mass is 16.6. The van der Waals surface area contributed by atoms with E-state index in [0.29, 0.717) is 31.2 Å².